The summed E-state index contributed by atoms with van der Waals surface area (Å²) in [4.78, 5) is 20.7. The van der Waals surface area contributed by atoms with Crippen molar-refractivity contribution in [3.8, 4) is 0 Å². The summed E-state index contributed by atoms with van der Waals surface area (Å²) in [7, 11) is 1.60. The van der Waals surface area contributed by atoms with E-state index in [0.717, 1.165) is 11.3 Å². The molecule has 2 aromatic heterocycles. The fourth-order valence-electron chi connectivity index (χ4n) is 1.93. The highest BCUT2D eigenvalue weighted by Gasteiger charge is 2.12. The molecule has 0 aliphatic rings. The molecule has 0 bridgehead atoms. The quantitative estimate of drug-likeness (QED) is 0.762. The SMILES string of the molecule is COCCNC(=O)c1ccc(C)nc1NCc1cccnc1. The van der Waals surface area contributed by atoms with Gasteiger partial charge in [0.25, 0.3) is 5.91 Å². The molecular weight excluding hydrogens is 280 g/mol. The van der Waals surface area contributed by atoms with Gasteiger partial charge in [-0.2, -0.15) is 0 Å². The molecule has 1 amide bonds. The second-order valence-corrected chi connectivity index (χ2v) is 4.81. The van der Waals surface area contributed by atoms with Crippen LogP contribution in [0.25, 0.3) is 0 Å². The minimum absolute atomic E-state index is 0.168. The molecular formula is C16H20N4O2. The molecule has 6 heteroatoms. The molecule has 2 N–H and O–H groups in total. The van der Waals surface area contributed by atoms with Crippen molar-refractivity contribution < 1.29 is 9.53 Å². The zero-order valence-corrected chi connectivity index (χ0v) is 12.8. The third kappa shape index (κ3) is 4.53. The number of carbonyl (C=O) groups excluding carboxylic acids is 1. The molecule has 0 unspecified atom stereocenters. The van der Waals surface area contributed by atoms with Crippen molar-refractivity contribution in [1.82, 2.24) is 15.3 Å². The van der Waals surface area contributed by atoms with E-state index in [1.165, 1.54) is 0 Å². The minimum Gasteiger partial charge on any atom is -0.383 e. The minimum atomic E-state index is -0.168. The zero-order valence-electron chi connectivity index (χ0n) is 12.8. The fourth-order valence-corrected chi connectivity index (χ4v) is 1.93. The van der Waals surface area contributed by atoms with E-state index >= 15 is 0 Å². The molecule has 0 saturated carbocycles. The molecule has 0 spiro atoms. The van der Waals surface area contributed by atoms with Gasteiger partial charge in [-0.3, -0.25) is 9.78 Å². The van der Waals surface area contributed by atoms with Gasteiger partial charge in [0.15, 0.2) is 0 Å². The van der Waals surface area contributed by atoms with E-state index in [2.05, 4.69) is 20.6 Å². The first-order valence-electron chi connectivity index (χ1n) is 7.08. The highest BCUT2D eigenvalue weighted by atomic mass is 16.5. The van der Waals surface area contributed by atoms with Gasteiger partial charge in [0.05, 0.1) is 12.2 Å². The van der Waals surface area contributed by atoms with E-state index in [9.17, 15) is 4.79 Å². The summed E-state index contributed by atoms with van der Waals surface area (Å²) in [5.41, 5.74) is 2.39. The Bertz CT molecular complexity index is 617. The Morgan fingerprint density at radius 3 is 2.91 bits per heavy atom. The maximum absolute atomic E-state index is 12.2. The summed E-state index contributed by atoms with van der Waals surface area (Å²) >= 11 is 0. The van der Waals surface area contributed by atoms with Crippen molar-refractivity contribution in [2.45, 2.75) is 13.5 Å². The number of aryl methyl sites for hydroxylation is 1. The van der Waals surface area contributed by atoms with Gasteiger partial charge >= 0.3 is 0 Å². The number of aromatic nitrogens is 2. The molecule has 0 aromatic carbocycles. The van der Waals surface area contributed by atoms with Crippen LogP contribution in [0.3, 0.4) is 0 Å². The Balaban J connectivity index is 2.08. The van der Waals surface area contributed by atoms with Crippen LogP contribution < -0.4 is 10.6 Å². The molecule has 6 nitrogen and oxygen atoms in total. The first kappa shape index (κ1) is 15.9. The van der Waals surface area contributed by atoms with Crippen LogP contribution in [0.5, 0.6) is 0 Å². The van der Waals surface area contributed by atoms with E-state index in [1.807, 2.05) is 25.1 Å². The Labute approximate surface area is 129 Å². The maximum Gasteiger partial charge on any atom is 0.255 e. The van der Waals surface area contributed by atoms with Crippen LogP contribution in [0.2, 0.25) is 0 Å². The van der Waals surface area contributed by atoms with Gasteiger partial charge in [-0.25, -0.2) is 4.98 Å². The first-order valence-corrected chi connectivity index (χ1v) is 7.08. The van der Waals surface area contributed by atoms with Crippen LogP contribution in [-0.4, -0.2) is 36.1 Å². The van der Waals surface area contributed by atoms with Crippen molar-refractivity contribution >= 4 is 11.7 Å². The zero-order chi connectivity index (χ0) is 15.8. The van der Waals surface area contributed by atoms with Gasteiger partial charge in [-0.15, -0.1) is 0 Å². The van der Waals surface area contributed by atoms with Crippen molar-refractivity contribution in [3.63, 3.8) is 0 Å². The van der Waals surface area contributed by atoms with Gasteiger partial charge in [0, 0.05) is 38.3 Å². The number of hydrogen-bond donors (Lipinski definition) is 2. The third-order valence-electron chi connectivity index (χ3n) is 3.05. The summed E-state index contributed by atoms with van der Waals surface area (Å²) < 4.78 is 4.93. The van der Waals surface area contributed by atoms with Crippen molar-refractivity contribution in [3.05, 3.63) is 53.5 Å². The average molecular weight is 300 g/mol. The standard InChI is InChI=1S/C16H20N4O2/c1-12-5-6-14(16(21)18-8-9-22-2)15(20-12)19-11-13-4-3-7-17-10-13/h3-7,10H,8-9,11H2,1-2H3,(H,18,21)(H,19,20). The maximum atomic E-state index is 12.2. The highest BCUT2D eigenvalue weighted by Crippen LogP contribution is 2.14. The lowest BCUT2D eigenvalue weighted by Crippen LogP contribution is -2.28. The second-order valence-electron chi connectivity index (χ2n) is 4.81. The van der Waals surface area contributed by atoms with Gasteiger partial charge < -0.3 is 15.4 Å². The molecule has 0 fully saturated rings. The lowest BCUT2D eigenvalue weighted by atomic mass is 10.2. The van der Waals surface area contributed by atoms with Gasteiger partial charge in [-0.1, -0.05) is 6.07 Å². The third-order valence-corrected chi connectivity index (χ3v) is 3.05. The predicted octanol–water partition coefficient (Wildman–Crippen LogP) is 1.77. The van der Waals surface area contributed by atoms with Crippen LogP contribution in [0.15, 0.2) is 36.7 Å². The summed E-state index contributed by atoms with van der Waals surface area (Å²) in [5.74, 6) is 0.400. The van der Waals surface area contributed by atoms with E-state index < -0.39 is 0 Å². The van der Waals surface area contributed by atoms with E-state index in [4.69, 9.17) is 4.74 Å². The van der Waals surface area contributed by atoms with E-state index in [1.54, 1.807) is 25.6 Å². The van der Waals surface area contributed by atoms with Crippen molar-refractivity contribution in [2.75, 3.05) is 25.6 Å². The summed E-state index contributed by atoms with van der Waals surface area (Å²) in [5, 5.41) is 6.00. The number of anilines is 1. The molecule has 0 saturated heterocycles. The van der Waals surface area contributed by atoms with Gasteiger partial charge in [-0.05, 0) is 30.7 Å². The number of hydrogen-bond acceptors (Lipinski definition) is 5. The molecule has 0 radical (unpaired) electrons. The number of rotatable bonds is 7. The summed E-state index contributed by atoms with van der Waals surface area (Å²) in [6.45, 7) is 3.39. The van der Waals surface area contributed by atoms with E-state index in [-0.39, 0.29) is 5.91 Å². The van der Waals surface area contributed by atoms with Crippen LogP contribution in [0, 0.1) is 6.92 Å². The monoisotopic (exact) mass is 300 g/mol. The normalized spacial score (nSPS) is 10.3. The fraction of sp³-hybridized carbons (Fsp3) is 0.312. The van der Waals surface area contributed by atoms with Crippen LogP contribution in [0.4, 0.5) is 5.82 Å². The number of ether oxygens (including phenoxy) is 1. The molecule has 0 aliphatic carbocycles. The average Bonchev–Trinajstić information content (AvgIpc) is 2.54. The Kier molecular flexibility index (Phi) is 5.85. The number of amides is 1. The lowest BCUT2D eigenvalue weighted by molar-refractivity contribution is 0.0937. The van der Waals surface area contributed by atoms with Crippen LogP contribution in [0.1, 0.15) is 21.6 Å². The molecule has 2 rings (SSSR count). The van der Waals surface area contributed by atoms with Gasteiger partial charge in [0.1, 0.15) is 5.82 Å². The molecule has 116 valence electrons. The van der Waals surface area contributed by atoms with Crippen molar-refractivity contribution in [1.29, 1.82) is 0 Å². The summed E-state index contributed by atoms with van der Waals surface area (Å²) in [6.07, 6.45) is 3.50. The number of nitrogens with one attached hydrogen (secondary N) is 2. The van der Waals surface area contributed by atoms with Gasteiger partial charge in [0.2, 0.25) is 0 Å². The number of carbonyl (C=O) groups is 1. The largest absolute Gasteiger partial charge is 0.383 e. The number of pyridine rings is 2. The molecule has 2 aromatic rings. The predicted molar refractivity (Wildman–Crippen MR) is 84.7 cm³/mol. The molecule has 0 atom stereocenters. The molecule has 22 heavy (non-hydrogen) atoms. The topological polar surface area (TPSA) is 76.1 Å². The summed E-state index contributed by atoms with van der Waals surface area (Å²) in [6, 6.07) is 7.43. The van der Waals surface area contributed by atoms with E-state index in [0.29, 0.717) is 31.1 Å². The molecule has 2 heterocycles. The van der Waals surface area contributed by atoms with Crippen LogP contribution >= 0.6 is 0 Å². The lowest BCUT2D eigenvalue weighted by Gasteiger charge is -2.12. The number of nitrogens with zero attached hydrogens (tertiary/aromatic N) is 2. The Hall–Kier alpha value is -2.47. The Morgan fingerprint density at radius 1 is 1.32 bits per heavy atom. The smallest absolute Gasteiger partial charge is 0.255 e. The number of methoxy groups -OCH3 is 1. The Morgan fingerprint density at radius 2 is 2.18 bits per heavy atom. The molecule has 0 aliphatic heterocycles. The van der Waals surface area contributed by atoms with Crippen molar-refractivity contribution in [2.24, 2.45) is 0 Å². The van der Waals surface area contributed by atoms with Crippen LogP contribution in [-0.2, 0) is 11.3 Å². The first-order chi connectivity index (χ1) is 10.7. The highest BCUT2D eigenvalue weighted by molar-refractivity contribution is 5.98. The second kappa shape index (κ2) is 8.09.